The van der Waals surface area contributed by atoms with Gasteiger partial charge in [-0.15, -0.1) is 0 Å². The molecule has 0 radical (unpaired) electrons. The molecule has 0 bridgehead atoms. The molecule has 0 unspecified atom stereocenters. The number of benzene rings is 2. The zero-order valence-corrected chi connectivity index (χ0v) is 25.2. The SMILES string of the molecule is CCCCOC(=O)c1ccc(-c2ccc(/C=c3\sc4n(c3=O)[C@H](c3ccccc3OC)C(C(=O)OCC)=C(C)N=4)o2)cc1. The van der Waals surface area contributed by atoms with E-state index in [1.807, 2.05) is 25.1 Å². The molecule has 1 aliphatic rings. The van der Waals surface area contributed by atoms with Gasteiger partial charge in [-0.05, 0) is 50.6 Å². The summed E-state index contributed by atoms with van der Waals surface area (Å²) >= 11 is 1.21. The Hall–Kier alpha value is -4.70. The fourth-order valence-electron chi connectivity index (χ4n) is 4.86. The molecule has 0 spiro atoms. The summed E-state index contributed by atoms with van der Waals surface area (Å²) in [5.74, 6) is 0.693. The van der Waals surface area contributed by atoms with Crippen LogP contribution in [0.3, 0.4) is 0 Å². The summed E-state index contributed by atoms with van der Waals surface area (Å²) in [6.07, 6.45) is 3.44. The van der Waals surface area contributed by atoms with E-state index in [9.17, 15) is 14.4 Å². The zero-order valence-electron chi connectivity index (χ0n) is 24.4. The summed E-state index contributed by atoms with van der Waals surface area (Å²) in [6, 6.07) is 17.0. The van der Waals surface area contributed by atoms with Gasteiger partial charge in [-0.3, -0.25) is 9.36 Å². The van der Waals surface area contributed by atoms with E-state index < -0.39 is 12.0 Å². The maximum Gasteiger partial charge on any atom is 0.338 e. The number of ether oxygens (including phenoxy) is 3. The van der Waals surface area contributed by atoms with Gasteiger partial charge in [-0.2, -0.15) is 0 Å². The lowest BCUT2D eigenvalue weighted by molar-refractivity contribution is -0.139. The third-order valence-electron chi connectivity index (χ3n) is 6.99. The summed E-state index contributed by atoms with van der Waals surface area (Å²) in [7, 11) is 1.55. The molecule has 3 heterocycles. The largest absolute Gasteiger partial charge is 0.496 e. The van der Waals surface area contributed by atoms with Crippen molar-refractivity contribution >= 4 is 29.4 Å². The molecule has 1 aliphatic heterocycles. The lowest BCUT2D eigenvalue weighted by Gasteiger charge is -2.25. The van der Waals surface area contributed by atoms with Crippen LogP contribution in [0.15, 0.2) is 86.1 Å². The molecule has 222 valence electrons. The number of carbonyl (C=O) groups excluding carboxylic acids is 2. The van der Waals surface area contributed by atoms with Crippen molar-refractivity contribution in [2.75, 3.05) is 20.3 Å². The van der Waals surface area contributed by atoms with Crippen molar-refractivity contribution in [3.8, 4) is 17.1 Å². The van der Waals surface area contributed by atoms with E-state index in [1.54, 1.807) is 69.5 Å². The van der Waals surface area contributed by atoms with Crippen LogP contribution >= 0.6 is 11.3 Å². The topological polar surface area (TPSA) is 109 Å². The first-order valence-electron chi connectivity index (χ1n) is 14.1. The number of furan rings is 1. The van der Waals surface area contributed by atoms with Crippen LogP contribution in [0.25, 0.3) is 17.4 Å². The van der Waals surface area contributed by atoms with E-state index in [0.29, 0.717) is 50.0 Å². The molecule has 0 amide bonds. The molecular formula is C33H32N2O7S. The molecule has 5 rings (SSSR count). The lowest BCUT2D eigenvalue weighted by atomic mass is 9.95. The van der Waals surface area contributed by atoms with Crippen molar-refractivity contribution < 1.29 is 28.2 Å². The van der Waals surface area contributed by atoms with Crippen molar-refractivity contribution in [3.05, 3.63) is 109 Å². The standard InChI is InChI=1S/C33H32N2O7S/c1-5-7-18-41-31(37)22-14-12-21(13-15-22)25-17-16-23(42-25)19-27-30(36)35-29(24-10-8-9-11-26(24)39-4)28(32(38)40-6-2)20(3)34-33(35)43-27/h8-17,19,29H,5-7,18H2,1-4H3/b27-19-/t29-/m1/s1. The number of hydrogen-bond acceptors (Lipinski definition) is 9. The quantitative estimate of drug-likeness (QED) is 0.186. The Kier molecular flexibility index (Phi) is 9.06. The number of thiazole rings is 1. The van der Waals surface area contributed by atoms with Crippen LogP contribution in [0.4, 0.5) is 0 Å². The van der Waals surface area contributed by atoms with E-state index >= 15 is 0 Å². The van der Waals surface area contributed by atoms with Gasteiger partial charge in [0, 0.05) is 17.2 Å². The van der Waals surface area contributed by atoms with E-state index in [4.69, 9.17) is 18.6 Å². The Balaban J connectivity index is 1.51. The second-order valence-corrected chi connectivity index (χ2v) is 10.8. The van der Waals surface area contributed by atoms with Crippen LogP contribution in [0.1, 0.15) is 61.3 Å². The molecule has 1 atom stereocenters. The van der Waals surface area contributed by atoms with Crippen LogP contribution in [-0.2, 0) is 14.3 Å². The highest BCUT2D eigenvalue weighted by atomic mass is 32.1. The van der Waals surface area contributed by atoms with Gasteiger partial charge in [0.05, 0.1) is 41.7 Å². The summed E-state index contributed by atoms with van der Waals surface area (Å²) < 4.78 is 24.2. The normalized spacial score (nSPS) is 14.7. The lowest BCUT2D eigenvalue weighted by Crippen LogP contribution is -2.40. The highest BCUT2D eigenvalue weighted by Gasteiger charge is 2.35. The fraction of sp³-hybridized carbons (Fsp3) is 0.273. The van der Waals surface area contributed by atoms with Crippen molar-refractivity contribution in [1.29, 1.82) is 0 Å². The average Bonchev–Trinajstić information content (AvgIpc) is 3.60. The molecule has 0 N–H and O–H groups in total. The number of carbonyl (C=O) groups is 2. The van der Waals surface area contributed by atoms with Gasteiger partial charge in [0.2, 0.25) is 0 Å². The van der Waals surface area contributed by atoms with E-state index in [-0.39, 0.29) is 23.7 Å². The molecule has 0 fully saturated rings. The Bertz CT molecular complexity index is 1860. The predicted octanol–water partition coefficient (Wildman–Crippen LogP) is 5.02. The second-order valence-electron chi connectivity index (χ2n) is 9.81. The van der Waals surface area contributed by atoms with Crippen LogP contribution < -0.4 is 19.6 Å². The molecule has 43 heavy (non-hydrogen) atoms. The van der Waals surface area contributed by atoms with E-state index in [2.05, 4.69) is 4.99 Å². The number of aromatic nitrogens is 1. The van der Waals surface area contributed by atoms with Crippen LogP contribution in [0.5, 0.6) is 5.75 Å². The number of esters is 2. The third-order valence-corrected chi connectivity index (χ3v) is 7.97. The number of unbranched alkanes of at least 4 members (excludes halogenated alkanes) is 1. The van der Waals surface area contributed by atoms with Gasteiger partial charge < -0.3 is 18.6 Å². The minimum Gasteiger partial charge on any atom is -0.496 e. The van der Waals surface area contributed by atoms with Crippen molar-refractivity contribution in [3.63, 3.8) is 0 Å². The maximum atomic E-state index is 13.9. The molecule has 0 saturated carbocycles. The minimum atomic E-state index is -0.784. The van der Waals surface area contributed by atoms with Gasteiger partial charge in [0.1, 0.15) is 23.3 Å². The Morgan fingerprint density at radius 2 is 1.79 bits per heavy atom. The Morgan fingerprint density at radius 1 is 1.02 bits per heavy atom. The van der Waals surface area contributed by atoms with E-state index in [0.717, 1.165) is 18.4 Å². The number of methoxy groups -OCH3 is 1. The first-order chi connectivity index (χ1) is 20.9. The molecular weight excluding hydrogens is 568 g/mol. The predicted molar refractivity (Wildman–Crippen MR) is 163 cm³/mol. The monoisotopic (exact) mass is 600 g/mol. The van der Waals surface area contributed by atoms with Crippen molar-refractivity contribution in [2.45, 2.75) is 39.7 Å². The molecule has 4 aromatic rings. The number of para-hydroxylation sites is 1. The minimum absolute atomic E-state index is 0.186. The number of fused-ring (bicyclic) bond motifs is 1. The van der Waals surface area contributed by atoms with Gasteiger partial charge in [0.15, 0.2) is 4.80 Å². The van der Waals surface area contributed by atoms with Gasteiger partial charge >= 0.3 is 11.9 Å². The summed E-state index contributed by atoms with van der Waals surface area (Å²) in [5, 5.41) is 0. The number of rotatable bonds is 10. The molecule has 2 aromatic heterocycles. The number of allylic oxidation sites excluding steroid dienone is 1. The van der Waals surface area contributed by atoms with Gasteiger partial charge in [0.25, 0.3) is 5.56 Å². The van der Waals surface area contributed by atoms with E-state index in [1.165, 1.54) is 15.9 Å². The Morgan fingerprint density at radius 3 is 2.51 bits per heavy atom. The zero-order chi connectivity index (χ0) is 30.5. The van der Waals surface area contributed by atoms with Gasteiger partial charge in [-0.25, -0.2) is 14.6 Å². The highest BCUT2D eigenvalue weighted by molar-refractivity contribution is 7.07. The summed E-state index contributed by atoms with van der Waals surface area (Å²) in [4.78, 5) is 44.3. The number of hydrogen-bond donors (Lipinski definition) is 0. The smallest absolute Gasteiger partial charge is 0.338 e. The molecule has 0 aliphatic carbocycles. The summed E-state index contributed by atoms with van der Waals surface area (Å²) in [6.45, 7) is 6.09. The first-order valence-corrected chi connectivity index (χ1v) is 14.9. The average molecular weight is 601 g/mol. The maximum absolute atomic E-state index is 13.9. The first kappa shape index (κ1) is 29.8. The third kappa shape index (κ3) is 6.10. The molecule has 10 heteroatoms. The van der Waals surface area contributed by atoms with Crippen LogP contribution in [-0.4, -0.2) is 36.8 Å². The van der Waals surface area contributed by atoms with Crippen LogP contribution in [0.2, 0.25) is 0 Å². The van der Waals surface area contributed by atoms with Gasteiger partial charge in [-0.1, -0.05) is 55.0 Å². The molecule has 9 nitrogen and oxygen atoms in total. The number of nitrogens with zero attached hydrogens (tertiary/aromatic N) is 2. The highest BCUT2D eigenvalue weighted by Crippen LogP contribution is 2.35. The fourth-order valence-corrected chi connectivity index (χ4v) is 5.88. The van der Waals surface area contributed by atoms with Crippen molar-refractivity contribution in [1.82, 2.24) is 4.57 Å². The molecule has 0 saturated heterocycles. The van der Waals surface area contributed by atoms with Crippen molar-refractivity contribution in [2.24, 2.45) is 4.99 Å². The summed E-state index contributed by atoms with van der Waals surface area (Å²) in [5.41, 5.74) is 2.32. The molecule has 2 aromatic carbocycles. The Labute approximate surface area is 252 Å². The second kappa shape index (κ2) is 13.1. The van der Waals surface area contributed by atoms with Crippen LogP contribution in [0, 0.1) is 0 Å².